The van der Waals surface area contributed by atoms with Crippen molar-refractivity contribution < 1.29 is 0 Å². The van der Waals surface area contributed by atoms with E-state index >= 15 is 0 Å². The van der Waals surface area contributed by atoms with Crippen LogP contribution in [0.5, 0.6) is 0 Å². The third kappa shape index (κ3) is 3.32. The maximum atomic E-state index is 4.33. The monoisotopic (exact) mass is 246 g/mol. The van der Waals surface area contributed by atoms with E-state index in [0.717, 1.165) is 12.5 Å². The molecule has 0 bridgehead atoms. The lowest BCUT2D eigenvalue weighted by Gasteiger charge is -2.32. The second kappa shape index (κ2) is 6.89. The highest BCUT2D eigenvalue weighted by Gasteiger charge is 2.25. The van der Waals surface area contributed by atoms with Gasteiger partial charge >= 0.3 is 0 Å². The Kier molecular flexibility index (Phi) is 5.18. The smallest absolute Gasteiger partial charge is 0.0366 e. The fourth-order valence-corrected chi connectivity index (χ4v) is 3.10. The molecule has 1 unspecified atom stereocenters. The third-order valence-electron chi connectivity index (χ3n) is 4.15. The standard InChI is InChI=1S/C16H26N2/c1-3-10-18-16(14-7-5-4-6-8-14)15-12-17-11-9-13(15)2/h9,11-12,14,16,18H,3-8,10H2,1-2H3. The van der Waals surface area contributed by atoms with Gasteiger partial charge in [-0.25, -0.2) is 0 Å². The summed E-state index contributed by atoms with van der Waals surface area (Å²) in [7, 11) is 0. The summed E-state index contributed by atoms with van der Waals surface area (Å²) >= 11 is 0. The number of aromatic nitrogens is 1. The zero-order valence-electron chi connectivity index (χ0n) is 11.8. The van der Waals surface area contributed by atoms with Crippen molar-refractivity contribution in [2.45, 2.75) is 58.4 Å². The quantitative estimate of drug-likeness (QED) is 0.849. The first kappa shape index (κ1) is 13.5. The van der Waals surface area contributed by atoms with Crippen molar-refractivity contribution in [2.24, 2.45) is 5.92 Å². The van der Waals surface area contributed by atoms with Crippen LogP contribution in [0.25, 0.3) is 0 Å². The maximum Gasteiger partial charge on any atom is 0.0366 e. The molecule has 0 amide bonds. The zero-order valence-corrected chi connectivity index (χ0v) is 11.8. The van der Waals surface area contributed by atoms with Crippen LogP contribution in [0.4, 0.5) is 0 Å². The molecule has 1 saturated carbocycles. The first-order valence-electron chi connectivity index (χ1n) is 7.46. The van der Waals surface area contributed by atoms with Crippen LogP contribution in [0.2, 0.25) is 0 Å². The molecule has 2 rings (SSSR count). The number of nitrogens with one attached hydrogen (secondary N) is 1. The van der Waals surface area contributed by atoms with Gasteiger partial charge in [-0.1, -0.05) is 26.2 Å². The molecule has 0 aromatic carbocycles. The molecule has 0 saturated heterocycles. The highest BCUT2D eigenvalue weighted by Crippen LogP contribution is 2.35. The van der Waals surface area contributed by atoms with E-state index in [1.54, 1.807) is 0 Å². The topological polar surface area (TPSA) is 24.9 Å². The molecule has 1 aromatic heterocycles. The minimum absolute atomic E-state index is 0.513. The normalized spacial score (nSPS) is 18.8. The van der Waals surface area contributed by atoms with Gasteiger partial charge in [0.05, 0.1) is 0 Å². The first-order chi connectivity index (χ1) is 8.83. The largest absolute Gasteiger partial charge is 0.310 e. The Bertz CT molecular complexity index is 356. The minimum Gasteiger partial charge on any atom is -0.310 e. The predicted molar refractivity (Wildman–Crippen MR) is 76.6 cm³/mol. The number of hydrogen-bond donors (Lipinski definition) is 1. The van der Waals surface area contributed by atoms with Crippen molar-refractivity contribution >= 4 is 0 Å². The molecule has 1 aliphatic carbocycles. The number of rotatable bonds is 5. The Hall–Kier alpha value is -0.890. The molecule has 1 atom stereocenters. The second-order valence-electron chi connectivity index (χ2n) is 5.56. The molecule has 2 nitrogen and oxygen atoms in total. The van der Waals surface area contributed by atoms with Gasteiger partial charge in [0.1, 0.15) is 0 Å². The van der Waals surface area contributed by atoms with Crippen molar-refractivity contribution in [2.75, 3.05) is 6.54 Å². The SMILES string of the molecule is CCCNC(c1cnccc1C)C1CCCCC1. The lowest BCUT2D eigenvalue weighted by atomic mass is 9.80. The van der Waals surface area contributed by atoms with Gasteiger partial charge in [-0.2, -0.15) is 0 Å². The lowest BCUT2D eigenvalue weighted by Crippen LogP contribution is -2.31. The lowest BCUT2D eigenvalue weighted by molar-refractivity contribution is 0.271. The summed E-state index contributed by atoms with van der Waals surface area (Å²) in [5.41, 5.74) is 2.79. The molecule has 0 spiro atoms. The first-order valence-corrected chi connectivity index (χ1v) is 7.46. The summed E-state index contributed by atoms with van der Waals surface area (Å²) in [4.78, 5) is 4.33. The Labute approximate surface area is 111 Å². The highest BCUT2D eigenvalue weighted by atomic mass is 14.9. The fourth-order valence-electron chi connectivity index (χ4n) is 3.10. The maximum absolute atomic E-state index is 4.33. The Morgan fingerprint density at radius 2 is 2.11 bits per heavy atom. The predicted octanol–water partition coefficient (Wildman–Crippen LogP) is 4.01. The van der Waals surface area contributed by atoms with Gasteiger partial charge in [0.25, 0.3) is 0 Å². The van der Waals surface area contributed by atoms with Crippen LogP contribution in [0.15, 0.2) is 18.5 Å². The summed E-state index contributed by atoms with van der Waals surface area (Å²) in [6, 6.07) is 2.65. The number of nitrogens with zero attached hydrogens (tertiary/aromatic N) is 1. The molecular formula is C16H26N2. The molecule has 1 fully saturated rings. The molecule has 1 aromatic rings. The minimum atomic E-state index is 0.513. The summed E-state index contributed by atoms with van der Waals surface area (Å²) in [5.74, 6) is 0.799. The molecule has 0 aliphatic heterocycles. The van der Waals surface area contributed by atoms with Gasteiger partial charge in [0, 0.05) is 18.4 Å². The molecule has 1 aliphatic rings. The van der Waals surface area contributed by atoms with Crippen molar-refractivity contribution in [1.82, 2.24) is 10.3 Å². The van der Waals surface area contributed by atoms with Crippen molar-refractivity contribution in [3.8, 4) is 0 Å². The second-order valence-corrected chi connectivity index (χ2v) is 5.56. The average Bonchev–Trinajstić information content (AvgIpc) is 2.42. The summed E-state index contributed by atoms with van der Waals surface area (Å²) < 4.78 is 0. The fraction of sp³-hybridized carbons (Fsp3) is 0.688. The van der Waals surface area contributed by atoms with Crippen molar-refractivity contribution in [1.29, 1.82) is 0 Å². The van der Waals surface area contributed by atoms with Gasteiger partial charge in [0.2, 0.25) is 0 Å². The molecule has 2 heteroatoms. The van der Waals surface area contributed by atoms with Crippen LogP contribution in [0, 0.1) is 12.8 Å². The summed E-state index contributed by atoms with van der Waals surface area (Å²) in [6.07, 6.45) is 12.1. The van der Waals surface area contributed by atoms with Crippen LogP contribution >= 0.6 is 0 Å². The van der Waals surface area contributed by atoms with E-state index in [9.17, 15) is 0 Å². The Balaban J connectivity index is 2.15. The molecule has 100 valence electrons. The van der Waals surface area contributed by atoms with Gasteiger partial charge in [0.15, 0.2) is 0 Å². The highest BCUT2D eigenvalue weighted by molar-refractivity contribution is 5.25. The molecule has 1 N–H and O–H groups in total. The van der Waals surface area contributed by atoms with Crippen molar-refractivity contribution in [3.05, 3.63) is 29.6 Å². The number of pyridine rings is 1. The van der Waals surface area contributed by atoms with Gasteiger partial charge < -0.3 is 5.32 Å². The Morgan fingerprint density at radius 3 is 2.78 bits per heavy atom. The average molecular weight is 246 g/mol. The van der Waals surface area contributed by atoms with Gasteiger partial charge in [-0.05, 0) is 55.8 Å². The van der Waals surface area contributed by atoms with Crippen LogP contribution in [-0.4, -0.2) is 11.5 Å². The van der Waals surface area contributed by atoms with Crippen LogP contribution in [0.1, 0.15) is 62.6 Å². The van der Waals surface area contributed by atoms with E-state index in [-0.39, 0.29) is 0 Å². The van der Waals surface area contributed by atoms with Crippen molar-refractivity contribution in [3.63, 3.8) is 0 Å². The van der Waals surface area contributed by atoms with E-state index in [0.29, 0.717) is 6.04 Å². The zero-order chi connectivity index (χ0) is 12.8. The van der Waals surface area contributed by atoms with E-state index in [2.05, 4.69) is 36.4 Å². The van der Waals surface area contributed by atoms with E-state index in [4.69, 9.17) is 0 Å². The number of aryl methyl sites for hydroxylation is 1. The number of hydrogen-bond acceptors (Lipinski definition) is 2. The molecular weight excluding hydrogens is 220 g/mol. The summed E-state index contributed by atoms with van der Waals surface area (Å²) in [6.45, 7) is 5.55. The Morgan fingerprint density at radius 1 is 1.33 bits per heavy atom. The third-order valence-corrected chi connectivity index (χ3v) is 4.15. The van der Waals surface area contributed by atoms with Gasteiger partial charge in [-0.15, -0.1) is 0 Å². The van der Waals surface area contributed by atoms with E-state index in [1.165, 1.54) is 49.7 Å². The van der Waals surface area contributed by atoms with Gasteiger partial charge in [-0.3, -0.25) is 4.98 Å². The van der Waals surface area contributed by atoms with Crippen LogP contribution in [-0.2, 0) is 0 Å². The van der Waals surface area contributed by atoms with Crippen LogP contribution < -0.4 is 5.32 Å². The van der Waals surface area contributed by atoms with Crippen LogP contribution in [0.3, 0.4) is 0 Å². The van der Waals surface area contributed by atoms with E-state index < -0.39 is 0 Å². The van der Waals surface area contributed by atoms with E-state index in [1.807, 2.05) is 6.20 Å². The molecule has 1 heterocycles. The molecule has 18 heavy (non-hydrogen) atoms. The summed E-state index contributed by atoms with van der Waals surface area (Å²) in [5, 5.41) is 3.76. The molecule has 0 radical (unpaired) electrons.